The monoisotopic (exact) mass is 452 g/mol. The summed E-state index contributed by atoms with van der Waals surface area (Å²) in [4.78, 5) is 9.85. The summed E-state index contributed by atoms with van der Waals surface area (Å²) in [5.41, 5.74) is 6.49. The number of hydrogen-bond donors (Lipinski definition) is 1. The van der Waals surface area contributed by atoms with Crippen molar-refractivity contribution in [3.63, 3.8) is 0 Å². The van der Waals surface area contributed by atoms with Crippen LogP contribution in [0.4, 0.5) is 0 Å². The van der Waals surface area contributed by atoms with Gasteiger partial charge in [-0.15, -0.1) is 0 Å². The average molecular weight is 453 g/mol. The van der Waals surface area contributed by atoms with E-state index < -0.39 is 8.38 Å². The van der Waals surface area contributed by atoms with Crippen molar-refractivity contribution in [1.82, 2.24) is 0 Å². The maximum Gasteiger partial charge on any atom is 0.262 e. The first kappa shape index (κ1) is 21.9. The minimum Gasteiger partial charge on any atom is -0.443 e. The van der Waals surface area contributed by atoms with Crippen LogP contribution in [0.2, 0.25) is 0 Å². The molecule has 6 rings (SSSR count). The van der Waals surface area contributed by atoms with Crippen molar-refractivity contribution >= 4 is 13.7 Å². The van der Waals surface area contributed by atoms with Crippen molar-refractivity contribution in [3.05, 3.63) is 109 Å². The van der Waals surface area contributed by atoms with Crippen LogP contribution >= 0.6 is 8.38 Å². The maximum atomic E-state index is 9.85. The summed E-state index contributed by atoms with van der Waals surface area (Å²) in [6.07, 6.45) is 6.94. The van der Waals surface area contributed by atoms with E-state index in [4.69, 9.17) is 4.52 Å². The lowest BCUT2D eigenvalue weighted by atomic mass is 9.81. The number of fused-ring (bicyclic) bond motifs is 3. The SMILES string of the molecule is OP1Oc2ccccc2-c2ccccc21.c1ccc(-c2ccccc2C2CCCCC2)cc1. The van der Waals surface area contributed by atoms with E-state index in [2.05, 4.69) is 54.6 Å². The Morgan fingerprint density at radius 1 is 0.606 bits per heavy atom. The average Bonchev–Trinajstić information content (AvgIpc) is 2.90. The van der Waals surface area contributed by atoms with Crippen LogP contribution < -0.4 is 9.83 Å². The molecule has 1 fully saturated rings. The molecule has 4 aromatic rings. The number of benzene rings is 4. The highest BCUT2D eigenvalue weighted by Gasteiger charge is 2.24. The van der Waals surface area contributed by atoms with Gasteiger partial charge in [0.25, 0.3) is 8.38 Å². The molecular weight excluding hydrogens is 423 g/mol. The molecule has 1 aliphatic heterocycles. The van der Waals surface area contributed by atoms with E-state index in [-0.39, 0.29) is 0 Å². The van der Waals surface area contributed by atoms with Crippen LogP contribution in [0.5, 0.6) is 5.75 Å². The Balaban J connectivity index is 0.000000140. The molecule has 2 aliphatic rings. The summed E-state index contributed by atoms with van der Waals surface area (Å²) >= 11 is 0. The van der Waals surface area contributed by atoms with Gasteiger partial charge in [-0.2, -0.15) is 0 Å². The topological polar surface area (TPSA) is 29.5 Å². The molecule has 1 saturated carbocycles. The van der Waals surface area contributed by atoms with Crippen molar-refractivity contribution in [2.45, 2.75) is 38.0 Å². The van der Waals surface area contributed by atoms with Gasteiger partial charge in [-0.3, -0.25) is 0 Å². The van der Waals surface area contributed by atoms with Gasteiger partial charge in [0.05, 0.1) is 5.30 Å². The van der Waals surface area contributed by atoms with E-state index in [9.17, 15) is 4.89 Å². The molecule has 0 aromatic heterocycles. The third-order valence-electron chi connectivity index (χ3n) is 6.56. The highest BCUT2D eigenvalue weighted by atomic mass is 31.2. The molecule has 0 bridgehead atoms. The second kappa shape index (κ2) is 10.3. The summed E-state index contributed by atoms with van der Waals surface area (Å²) in [6, 6.07) is 35.4. The maximum absolute atomic E-state index is 9.85. The molecule has 1 aliphatic carbocycles. The van der Waals surface area contributed by atoms with Gasteiger partial charge in [0.1, 0.15) is 5.75 Å². The zero-order chi connectivity index (χ0) is 22.5. The molecule has 1 unspecified atom stereocenters. The second-order valence-corrected chi connectivity index (χ2v) is 9.88. The molecule has 1 atom stereocenters. The standard InChI is InChI=1S/C18H20.C12H9O2P/c1-3-9-15(10-4-1)17-13-7-8-14-18(17)16-11-5-2-6-12-16;13-15-12-8-4-2-6-10(12)9-5-1-3-7-11(9)14-15/h1,3-4,7-10,13-14,16H,2,5-6,11-12H2;1-8,13H. The van der Waals surface area contributed by atoms with Crippen LogP contribution in [0.15, 0.2) is 103 Å². The molecule has 4 aromatic carbocycles. The van der Waals surface area contributed by atoms with Crippen LogP contribution in [0.25, 0.3) is 22.3 Å². The Labute approximate surface area is 197 Å². The molecule has 166 valence electrons. The van der Waals surface area contributed by atoms with Gasteiger partial charge in [0, 0.05) is 5.56 Å². The fourth-order valence-corrected chi connectivity index (χ4v) is 5.99. The first-order chi connectivity index (χ1) is 16.3. The van der Waals surface area contributed by atoms with Gasteiger partial charge < -0.3 is 9.42 Å². The quantitative estimate of drug-likeness (QED) is 0.312. The molecule has 0 spiro atoms. The van der Waals surface area contributed by atoms with E-state index in [1.165, 1.54) is 43.2 Å². The lowest BCUT2D eigenvalue weighted by molar-refractivity contribution is 0.444. The first-order valence-corrected chi connectivity index (χ1v) is 13.0. The van der Waals surface area contributed by atoms with Crippen LogP contribution in [0.3, 0.4) is 0 Å². The van der Waals surface area contributed by atoms with E-state index in [1.807, 2.05) is 48.5 Å². The van der Waals surface area contributed by atoms with Crippen molar-refractivity contribution in [1.29, 1.82) is 0 Å². The van der Waals surface area contributed by atoms with E-state index in [0.29, 0.717) is 0 Å². The normalized spacial score (nSPS) is 17.1. The number of para-hydroxylation sites is 1. The summed E-state index contributed by atoms with van der Waals surface area (Å²) in [6.45, 7) is 0. The predicted molar refractivity (Wildman–Crippen MR) is 139 cm³/mol. The molecule has 1 N–H and O–H groups in total. The highest BCUT2D eigenvalue weighted by Crippen LogP contribution is 2.45. The summed E-state index contributed by atoms with van der Waals surface area (Å²) < 4.78 is 5.48. The zero-order valence-electron chi connectivity index (χ0n) is 18.7. The van der Waals surface area contributed by atoms with Crippen molar-refractivity contribution in [3.8, 4) is 28.0 Å². The molecular formula is C30H29O2P. The molecule has 1 heterocycles. The van der Waals surface area contributed by atoms with Crippen LogP contribution in [-0.2, 0) is 0 Å². The largest absolute Gasteiger partial charge is 0.443 e. The van der Waals surface area contributed by atoms with Gasteiger partial charge >= 0.3 is 0 Å². The minimum absolute atomic E-state index is 0.768. The smallest absolute Gasteiger partial charge is 0.262 e. The molecule has 2 nitrogen and oxygen atoms in total. The Hall–Kier alpha value is -2.93. The molecule has 0 radical (unpaired) electrons. The zero-order valence-corrected chi connectivity index (χ0v) is 19.6. The Morgan fingerprint density at radius 3 is 2.00 bits per heavy atom. The van der Waals surface area contributed by atoms with E-state index in [1.54, 1.807) is 5.56 Å². The lowest BCUT2D eigenvalue weighted by Gasteiger charge is -2.24. The molecule has 3 heteroatoms. The highest BCUT2D eigenvalue weighted by molar-refractivity contribution is 7.55. The van der Waals surface area contributed by atoms with Crippen LogP contribution in [0, 0.1) is 0 Å². The van der Waals surface area contributed by atoms with Crippen LogP contribution in [0.1, 0.15) is 43.6 Å². The summed E-state index contributed by atoms with van der Waals surface area (Å²) in [7, 11) is -1.49. The Kier molecular flexibility index (Phi) is 6.86. The Morgan fingerprint density at radius 2 is 1.21 bits per heavy atom. The van der Waals surface area contributed by atoms with Crippen molar-refractivity contribution in [2.24, 2.45) is 0 Å². The summed E-state index contributed by atoms with van der Waals surface area (Å²) in [5.74, 6) is 1.54. The number of hydrogen-bond acceptors (Lipinski definition) is 2. The fourth-order valence-electron chi connectivity index (χ4n) is 4.93. The van der Waals surface area contributed by atoms with Gasteiger partial charge in [-0.05, 0) is 53.1 Å². The van der Waals surface area contributed by atoms with E-state index in [0.717, 1.165) is 28.1 Å². The molecule has 33 heavy (non-hydrogen) atoms. The molecule has 0 saturated heterocycles. The second-order valence-electron chi connectivity index (χ2n) is 8.67. The van der Waals surface area contributed by atoms with E-state index >= 15 is 0 Å². The van der Waals surface area contributed by atoms with Gasteiger partial charge in [0.15, 0.2) is 0 Å². The van der Waals surface area contributed by atoms with Crippen molar-refractivity contribution < 1.29 is 9.42 Å². The van der Waals surface area contributed by atoms with Crippen molar-refractivity contribution in [2.75, 3.05) is 0 Å². The predicted octanol–water partition coefficient (Wildman–Crippen LogP) is 8.08. The minimum atomic E-state index is -1.49. The third kappa shape index (κ3) is 4.88. The number of rotatable bonds is 2. The third-order valence-corrected chi connectivity index (χ3v) is 7.73. The first-order valence-electron chi connectivity index (χ1n) is 11.8. The molecule has 0 amide bonds. The fraction of sp³-hybridized carbons (Fsp3) is 0.200. The van der Waals surface area contributed by atoms with Gasteiger partial charge in [-0.1, -0.05) is 110 Å². The van der Waals surface area contributed by atoms with Crippen LogP contribution in [-0.4, -0.2) is 4.89 Å². The summed E-state index contributed by atoms with van der Waals surface area (Å²) in [5, 5.41) is 0.895. The Bertz CT molecular complexity index is 1200. The van der Waals surface area contributed by atoms with Gasteiger partial charge in [-0.25, -0.2) is 0 Å². The van der Waals surface area contributed by atoms with Gasteiger partial charge in [0.2, 0.25) is 0 Å². The lowest BCUT2D eigenvalue weighted by Crippen LogP contribution is -2.13.